The molecule has 10 heteroatoms. The van der Waals surface area contributed by atoms with E-state index in [4.69, 9.17) is 14.1 Å². The minimum atomic E-state index is -3.86. The van der Waals surface area contributed by atoms with Crippen LogP contribution in [0.5, 0.6) is 0 Å². The highest BCUT2D eigenvalue weighted by Crippen LogP contribution is 2.25. The van der Waals surface area contributed by atoms with Crippen LogP contribution in [0.1, 0.15) is 16.1 Å². The highest BCUT2D eigenvalue weighted by Gasteiger charge is 2.22. The first-order valence-electron chi connectivity index (χ1n) is 7.71. The number of hydrogen-bond acceptors (Lipinski definition) is 8. The van der Waals surface area contributed by atoms with E-state index in [0.29, 0.717) is 15.9 Å². The van der Waals surface area contributed by atoms with Crippen molar-refractivity contribution in [3.05, 3.63) is 59.1 Å². The maximum Gasteiger partial charge on any atom is 0.338 e. The Hall–Kier alpha value is -2.53. The zero-order valence-electron chi connectivity index (χ0n) is 14.5. The standard InChI is InChI=1S/C17H16N2O6S2/c1-19(23-2)27(21,22)14-6-3-5-12(9-14)17(20)24-11-13-10-15(25-18-13)16-7-4-8-26-16/h3-10H,11H2,1-2H3. The third-order valence-corrected chi connectivity index (χ3v) is 6.20. The molecule has 0 spiro atoms. The summed E-state index contributed by atoms with van der Waals surface area (Å²) in [4.78, 5) is 17.8. The average Bonchev–Trinajstić information content (AvgIpc) is 3.37. The number of benzene rings is 1. The lowest BCUT2D eigenvalue weighted by molar-refractivity contribution is -0.0258. The van der Waals surface area contributed by atoms with E-state index in [1.165, 1.54) is 49.8 Å². The topological polar surface area (TPSA) is 98.9 Å². The largest absolute Gasteiger partial charge is 0.455 e. The molecule has 0 amide bonds. The van der Waals surface area contributed by atoms with E-state index in [1.54, 1.807) is 6.07 Å². The Bertz CT molecular complexity index is 1030. The van der Waals surface area contributed by atoms with Crippen molar-refractivity contribution in [3.63, 3.8) is 0 Å². The van der Waals surface area contributed by atoms with E-state index in [9.17, 15) is 13.2 Å². The second-order valence-corrected chi connectivity index (χ2v) is 8.24. The Balaban J connectivity index is 1.69. The summed E-state index contributed by atoms with van der Waals surface area (Å²) in [6.45, 7) is -0.0946. The van der Waals surface area contributed by atoms with Crippen molar-refractivity contribution < 1.29 is 27.3 Å². The molecule has 2 aromatic heterocycles. The van der Waals surface area contributed by atoms with Gasteiger partial charge in [-0.15, -0.1) is 11.3 Å². The molecule has 0 radical (unpaired) electrons. The van der Waals surface area contributed by atoms with Gasteiger partial charge in [-0.05, 0) is 29.6 Å². The van der Waals surface area contributed by atoms with E-state index in [-0.39, 0.29) is 17.1 Å². The highest BCUT2D eigenvalue weighted by atomic mass is 32.2. The number of sulfonamides is 1. The van der Waals surface area contributed by atoms with Crippen molar-refractivity contribution in [3.8, 4) is 10.6 Å². The van der Waals surface area contributed by atoms with Crippen molar-refractivity contribution >= 4 is 27.3 Å². The van der Waals surface area contributed by atoms with Crippen molar-refractivity contribution in [1.82, 2.24) is 9.63 Å². The number of esters is 1. The van der Waals surface area contributed by atoms with Crippen LogP contribution >= 0.6 is 11.3 Å². The van der Waals surface area contributed by atoms with E-state index in [0.717, 1.165) is 4.88 Å². The molecule has 0 aliphatic rings. The van der Waals surface area contributed by atoms with Gasteiger partial charge in [0.15, 0.2) is 5.76 Å². The Labute approximate surface area is 159 Å². The Morgan fingerprint density at radius 2 is 2.07 bits per heavy atom. The molecule has 2 heterocycles. The first-order chi connectivity index (χ1) is 12.9. The van der Waals surface area contributed by atoms with E-state index >= 15 is 0 Å². The van der Waals surface area contributed by atoms with Crippen LogP contribution in [0.25, 0.3) is 10.6 Å². The predicted molar refractivity (Wildman–Crippen MR) is 97.3 cm³/mol. The van der Waals surface area contributed by atoms with Crippen molar-refractivity contribution in [1.29, 1.82) is 0 Å². The van der Waals surface area contributed by atoms with Crippen molar-refractivity contribution in [2.75, 3.05) is 14.2 Å². The van der Waals surface area contributed by atoms with E-state index in [2.05, 4.69) is 5.16 Å². The van der Waals surface area contributed by atoms with Crippen LogP contribution in [-0.4, -0.2) is 38.2 Å². The fourth-order valence-corrected chi connectivity index (χ4v) is 3.86. The molecule has 0 atom stereocenters. The number of hydroxylamine groups is 1. The van der Waals surface area contributed by atoms with Gasteiger partial charge in [-0.25, -0.2) is 13.2 Å². The number of ether oxygens (including phenoxy) is 1. The van der Waals surface area contributed by atoms with Crippen molar-refractivity contribution in [2.24, 2.45) is 0 Å². The zero-order valence-corrected chi connectivity index (χ0v) is 16.1. The minimum Gasteiger partial charge on any atom is -0.455 e. The smallest absolute Gasteiger partial charge is 0.338 e. The molecular formula is C17H16N2O6S2. The lowest BCUT2D eigenvalue weighted by Crippen LogP contribution is -2.25. The molecule has 1 aromatic carbocycles. The van der Waals surface area contributed by atoms with Crippen LogP contribution in [0.4, 0.5) is 0 Å². The van der Waals surface area contributed by atoms with Crippen molar-refractivity contribution in [2.45, 2.75) is 11.5 Å². The Morgan fingerprint density at radius 3 is 2.78 bits per heavy atom. The third kappa shape index (κ3) is 4.25. The van der Waals surface area contributed by atoms with Crippen LogP contribution in [0, 0.1) is 0 Å². The number of carbonyl (C=O) groups excluding carboxylic acids is 1. The molecule has 0 fully saturated rings. The molecule has 0 bridgehead atoms. The normalized spacial score (nSPS) is 11.7. The molecule has 0 saturated heterocycles. The van der Waals surface area contributed by atoms with Gasteiger partial charge in [0.2, 0.25) is 0 Å². The van der Waals surface area contributed by atoms with Gasteiger partial charge in [-0.2, -0.15) is 0 Å². The minimum absolute atomic E-state index is 0.0808. The van der Waals surface area contributed by atoms with Gasteiger partial charge in [0.05, 0.1) is 22.4 Å². The highest BCUT2D eigenvalue weighted by molar-refractivity contribution is 7.89. The summed E-state index contributed by atoms with van der Waals surface area (Å²) in [5.41, 5.74) is 0.553. The number of hydrogen-bond donors (Lipinski definition) is 0. The molecule has 0 unspecified atom stereocenters. The second-order valence-electron chi connectivity index (χ2n) is 5.36. The second kappa shape index (κ2) is 8.01. The summed E-state index contributed by atoms with van der Waals surface area (Å²) in [7, 11) is -1.36. The van der Waals surface area contributed by atoms with Gasteiger partial charge in [0, 0.05) is 13.1 Å². The lowest BCUT2D eigenvalue weighted by atomic mass is 10.2. The Kier molecular flexibility index (Phi) is 5.71. The molecule has 0 aliphatic carbocycles. The summed E-state index contributed by atoms with van der Waals surface area (Å²) in [6, 6.07) is 11.0. The van der Waals surface area contributed by atoms with Gasteiger partial charge in [-0.1, -0.05) is 21.8 Å². The van der Waals surface area contributed by atoms with Crippen LogP contribution in [-0.2, 0) is 26.2 Å². The SMILES string of the molecule is CON(C)S(=O)(=O)c1cccc(C(=O)OCc2cc(-c3cccs3)on2)c1. The molecule has 0 saturated carbocycles. The molecule has 8 nitrogen and oxygen atoms in total. The molecule has 3 rings (SSSR count). The van der Waals surface area contributed by atoms with Gasteiger partial charge in [0.25, 0.3) is 10.0 Å². The fraction of sp³-hybridized carbons (Fsp3) is 0.176. The first kappa shape index (κ1) is 19.2. The lowest BCUT2D eigenvalue weighted by Gasteiger charge is -2.14. The summed E-state index contributed by atoms with van der Waals surface area (Å²) in [6.07, 6.45) is 0. The van der Waals surface area contributed by atoms with Crippen LogP contribution in [0.2, 0.25) is 0 Å². The number of rotatable bonds is 7. The molecular weight excluding hydrogens is 392 g/mol. The molecule has 27 heavy (non-hydrogen) atoms. The predicted octanol–water partition coefficient (Wildman–Crippen LogP) is 2.94. The summed E-state index contributed by atoms with van der Waals surface area (Å²) < 4.78 is 35.6. The third-order valence-electron chi connectivity index (χ3n) is 3.64. The number of thiophene rings is 1. The average molecular weight is 408 g/mol. The van der Waals surface area contributed by atoms with E-state index in [1.807, 2.05) is 17.5 Å². The molecule has 3 aromatic rings. The van der Waals surface area contributed by atoms with Crippen LogP contribution < -0.4 is 0 Å². The number of nitrogens with zero attached hydrogens (tertiary/aromatic N) is 2. The molecule has 142 valence electrons. The van der Waals surface area contributed by atoms with Gasteiger partial charge < -0.3 is 9.26 Å². The van der Waals surface area contributed by atoms with E-state index < -0.39 is 16.0 Å². The number of carbonyl (C=O) groups is 1. The summed E-state index contributed by atoms with van der Waals surface area (Å²) in [5.74, 6) is -0.0838. The Morgan fingerprint density at radius 1 is 1.26 bits per heavy atom. The van der Waals surface area contributed by atoms with Gasteiger partial charge in [-0.3, -0.25) is 4.84 Å². The zero-order chi connectivity index (χ0) is 19.4. The molecule has 0 N–H and O–H groups in total. The molecule has 0 aliphatic heterocycles. The van der Waals surface area contributed by atoms with Crippen LogP contribution in [0.3, 0.4) is 0 Å². The summed E-state index contributed by atoms with van der Waals surface area (Å²) >= 11 is 1.51. The first-order valence-corrected chi connectivity index (χ1v) is 10.0. The quantitative estimate of drug-likeness (QED) is 0.438. The van der Waals surface area contributed by atoms with Gasteiger partial charge >= 0.3 is 5.97 Å². The maximum atomic E-state index is 12.3. The fourth-order valence-electron chi connectivity index (χ4n) is 2.17. The number of aromatic nitrogens is 1. The van der Waals surface area contributed by atoms with Crippen LogP contribution in [0.15, 0.2) is 57.3 Å². The van der Waals surface area contributed by atoms with Gasteiger partial charge in [0.1, 0.15) is 12.3 Å². The maximum absolute atomic E-state index is 12.3. The monoisotopic (exact) mass is 408 g/mol. The summed E-state index contributed by atoms with van der Waals surface area (Å²) in [5, 5.41) is 5.78.